The number of aliphatic hydroxyl groups is 1. The Morgan fingerprint density at radius 2 is 1.69 bits per heavy atom. The molecular formula is C28H23Cl2N5O4. The summed E-state index contributed by atoms with van der Waals surface area (Å²) in [5, 5.41) is 17.9. The number of carbonyl (C=O) groups is 2. The third-order valence-corrected chi connectivity index (χ3v) is 7.05. The third kappa shape index (κ3) is 5.65. The summed E-state index contributed by atoms with van der Waals surface area (Å²) in [5.41, 5.74) is -0.365. The fraction of sp³-hybridized carbons (Fsp3) is 0.143. The van der Waals surface area contributed by atoms with Gasteiger partial charge in [-0.1, -0.05) is 47.5 Å². The highest BCUT2D eigenvalue weighted by Gasteiger charge is 2.49. The van der Waals surface area contributed by atoms with Crippen molar-refractivity contribution >= 4 is 46.6 Å². The van der Waals surface area contributed by atoms with E-state index < -0.39 is 23.6 Å². The van der Waals surface area contributed by atoms with Crippen LogP contribution in [0.2, 0.25) is 10.0 Å². The van der Waals surface area contributed by atoms with E-state index in [9.17, 15) is 19.5 Å². The van der Waals surface area contributed by atoms with Gasteiger partial charge in [0.2, 0.25) is 5.91 Å². The second-order valence-corrected chi connectivity index (χ2v) is 9.94. The van der Waals surface area contributed by atoms with Gasteiger partial charge < -0.3 is 20.6 Å². The van der Waals surface area contributed by atoms with Gasteiger partial charge in [0.15, 0.2) is 0 Å². The molecule has 5 rings (SSSR count). The molecule has 3 amide bonds. The number of β-amino-alcohol motifs (C(OH)–C–C–N with tert-alkyl or cyclic N) is 1. The normalized spacial score (nSPS) is 18.5. The maximum Gasteiger partial charge on any atom is 0.322 e. The molecule has 0 unspecified atom stereocenters. The molecule has 0 bridgehead atoms. The number of nitrogens with zero attached hydrogens (tertiary/aromatic N) is 3. The van der Waals surface area contributed by atoms with Gasteiger partial charge in [-0.25, -0.2) is 9.78 Å². The second kappa shape index (κ2) is 10.9. The van der Waals surface area contributed by atoms with Crippen molar-refractivity contribution in [1.82, 2.24) is 14.5 Å². The van der Waals surface area contributed by atoms with Gasteiger partial charge >= 0.3 is 6.03 Å². The number of aromatic nitrogens is 2. The zero-order valence-electron chi connectivity index (χ0n) is 20.4. The lowest BCUT2D eigenvalue weighted by atomic mass is 9.91. The van der Waals surface area contributed by atoms with Crippen molar-refractivity contribution in [2.75, 3.05) is 17.2 Å². The number of rotatable bonds is 5. The van der Waals surface area contributed by atoms with Crippen molar-refractivity contribution in [1.29, 1.82) is 0 Å². The van der Waals surface area contributed by atoms with Gasteiger partial charge in [-0.05, 0) is 48.5 Å². The van der Waals surface area contributed by atoms with Gasteiger partial charge in [0, 0.05) is 40.0 Å². The predicted octanol–water partition coefficient (Wildman–Crippen LogP) is 4.67. The smallest absolute Gasteiger partial charge is 0.322 e. The van der Waals surface area contributed by atoms with Crippen LogP contribution in [0.4, 0.5) is 16.3 Å². The summed E-state index contributed by atoms with van der Waals surface area (Å²) < 4.78 is 1.42. The van der Waals surface area contributed by atoms with Gasteiger partial charge in [-0.2, -0.15) is 0 Å². The number of carbonyl (C=O) groups excluding carboxylic acids is 2. The van der Waals surface area contributed by atoms with Crippen LogP contribution in [0.5, 0.6) is 0 Å². The number of benzene rings is 2. The quantitative estimate of drug-likeness (QED) is 0.326. The van der Waals surface area contributed by atoms with Crippen LogP contribution in [0.25, 0.3) is 5.69 Å². The number of hydrogen-bond donors (Lipinski definition) is 3. The molecule has 2 aromatic heterocycles. The molecule has 39 heavy (non-hydrogen) atoms. The van der Waals surface area contributed by atoms with Crippen molar-refractivity contribution in [3.63, 3.8) is 0 Å². The number of amides is 3. The standard InChI is InChI=1S/C28H23Cl2N5O4/c29-18-8-10-19(11-9-18)32-27(38)35-17-28(39,21-5-1-2-6-22(21)30)15-23(35)26(37)33-24-13-12-20(16-31-24)34-14-4-3-7-25(34)36/h1-14,16,23,39H,15,17H2,(H,32,38)(H,31,33,37)/t23-,28-/m1/s1. The Balaban J connectivity index is 1.39. The number of hydrogen-bond acceptors (Lipinski definition) is 5. The molecule has 1 aliphatic heterocycles. The van der Waals surface area contributed by atoms with Crippen LogP contribution in [0.3, 0.4) is 0 Å². The van der Waals surface area contributed by atoms with Gasteiger partial charge in [0.05, 0.1) is 18.4 Å². The van der Waals surface area contributed by atoms with Crippen LogP contribution in [0.1, 0.15) is 12.0 Å². The number of halogens is 2. The first-order chi connectivity index (χ1) is 18.7. The zero-order valence-corrected chi connectivity index (χ0v) is 21.9. The molecule has 0 spiro atoms. The lowest BCUT2D eigenvalue weighted by Gasteiger charge is -2.25. The molecule has 0 aliphatic carbocycles. The molecular weight excluding hydrogens is 541 g/mol. The number of anilines is 2. The average molecular weight is 564 g/mol. The summed E-state index contributed by atoms with van der Waals surface area (Å²) in [5.74, 6) is -0.319. The van der Waals surface area contributed by atoms with Gasteiger partial charge in [0.1, 0.15) is 17.5 Å². The van der Waals surface area contributed by atoms with Crippen molar-refractivity contribution in [2.24, 2.45) is 0 Å². The molecule has 198 valence electrons. The van der Waals surface area contributed by atoms with Crippen LogP contribution in [0.15, 0.2) is 96.1 Å². The van der Waals surface area contributed by atoms with E-state index in [-0.39, 0.29) is 24.3 Å². The average Bonchev–Trinajstić information content (AvgIpc) is 3.30. The minimum Gasteiger partial charge on any atom is -0.383 e. The van der Waals surface area contributed by atoms with Crippen molar-refractivity contribution in [3.8, 4) is 5.69 Å². The summed E-state index contributed by atoms with van der Waals surface area (Å²) in [4.78, 5) is 44.4. The molecule has 1 aliphatic rings. The SMILES string of the molecule is O=C(Nc1ccc(-n2ccccc2=O)cn1)[C@H]1C[C@](O)(c2ccccc2Cl)CN1C(=O)Nc1ccc(Cl)cc1. The first-order valence-electron chi connectivity index (χ1n) is 12.0. The van der Waals surface area contributed by atoms with E-state index in [1.165, 1.54) is 21.7 Å². The number of nitrogens with one attached hydrogen (secondary N) is 2. The monoisotopic (exact) mass is 563 g/mol. The van der Waals surface area contributed by atoms with Crippen LogP contribution >= 0.6 is 23.2 Å². The molecule has 2 atom stereocenters. The molecule has 3 heterocycles. The summed E-state index contributed by atoms with van der Waals surface area (Å²) in [6.07, 6.45) is 2.98. The number of pyridine rings is 2. The highest BCUT2D eigenvalue weighted by atomic mass is 35.5. The van der Waals surface area contributed by atoms with Gasteiger partial charge in [0.25, 0.3) is 5.56 Å². The Labute approximate surface area is 233 Å². The van der Waals surface area contributed by atoms with E-state index in [0.29, 0.717) is 27.0 Å². The first-order valence-corrected chi connectivity index (χ1v) is 12.7. The van der Waals surface area contributed by atoms with Crippen molar-refractivity contribution < 1.29 is 14.7 Å². The molecule has 1 fully saturated rings. The topological polar surface area (TPSA) is 117 Å². The highest BCUT2D eigenvalue weighted by molar-refractivity contribution is 6.31. The zero-order chi connectivity index (χ0) is 27.6. The lowest BCUT2D eigenvalue weighted by molar-refractivity contribution is -0.119. The lowest BCUT2D eigenvalue weighted by Crippen LogP contribution is -2.45. The first kappa shape index (κ1) is 26.4. The third-order valence-electron chi connectivity index (χ3n) is 6.47. The fourth-order valence-electron chi connectivity index (χ4n) is 4.55. The fourth-order valence-corrected chi connectivity index (χ4v) is 4.99. The van der Waals surface area contributed by atoms with Crippen molar-refractivity contribution in [2.45, 2.75) is 18.1 Å². The van der Waals surface area contributed by atoms with E-state index in [0.717, 1.165) is 0 Å². The molecule has 9 nitrogen and oxygen atoms in total. The highest BCUT2D eigenvalue weighted by Crippen LogP contribution is 2.39. The molecule has 3 N–H and O–H groups in total. The maximum atomic E-state index is 13.5. The van der Waals surface area contributed by atoms with Gasteiger partial charge in [-0.15, -0.1) is 0 Å². The maximum absolute atomic E-state index is 13.5. The largest absolute Gasteiger partial charge is 0.383 e. The summed E-state index contributed by atoms with van der Waals surface area (Å²) in [7, 11) is 0. The van der Waals surface area contributed by atoms with Crippen LogP contribution < -0.4 is 16.2 Å². The minimum atomic E-state index is -1.57. The number of urea groups is 1. The Hall–Kier alpha value is -4.18. The summed E-state index contributed by atoms with van der Waals surface area (Å²) in [6.45, 7) is -0.169. The molecule has 1 saturated heterocycles. The molecule has 0 radical (unpaired) electrons. The molecule has 4 aromatic rings. The van der Waals surface area contributed by atoms with Crippen LogP contribution in [0, 0.1) is 0 Å². The Bertz CT molecular complexity index is 1580. The van der Waals surface area contributed by atoms with E-state index in [1.807, 2.05) is 0 Å². The summed E-state index contributed by atoms with van der Waals surface area (Å²) in [6, 6.07) is 19.7. The number of likely N-dealkylation sites (tertiary alicyclic amines) is 1. The minimum absolute atomic E-state index is 0.0892. The Kier molecular flexibility index (Phi) is 7.38. The summed E-state index contributed by atoms with van der Waals surface area (Å²) >= 11 is 12.3. The van der Waals surface area contributed by atoms with Gasteiger partial charge in [-0.3, -0.25) is 14.2 Å². The molecule has 2 aromatic carbocycles. The van der Waals surface area contributed by atoms with Crippen LogP contribution in [-0.2, 0) is 10.4 Å². The molecule has 0 saturated carbocycles. The predicted molar refractivity (Wildman–Crippen MR) is 149 cm³/mol. The van der Waals surface area contributed by atoms with E-state index >= 15 is 0 Å². The Morgan fingerprint density at radius 3 is 2.38 bits per heavy atom. The second-order valence-electron chi connectivity index (χ2n) is 9.10. The van der Waals surface area contributed by atoms with E-state index in [1.54, 1.807) is 79.0 Å². The van der Waals surface area contributed by atoms with E-state index in [4.69, 9.17) is 23.2 Å². The Morgan fingerprint density at radius 1 is 0.949 bits per heavy atom. The van der Waals surface area contributed by atoms with Crippen LogP contribution in [-0.4, -0.2) is 44.1 Å². The van der Waals surface area contributed by atoms with E-state index in [2.05, 4.69) is 15.6 Å². The van der Waals surface area contributed by atoms with Crippen molar-refractivity contribution in [3.05, 3.63) is 117 Å². The molecule has 11 heteroatoms.